The third kappa shape index (κ3) is 4.33. The number of thiazole rings is 1. The molecule has 5 nitrogen and oxygen atoms in total. The van der Waals surface area contributed by atoms with Crippen LogP contribution in [0.5, 0.6) is 5.75 Å². The van der Waals surface area contributed by atoms with Crippen LogP contribution >= 0.6 is 11.3 Å². The standard InChI is InChI=1S/C28H27N3O2S/c1-18-26(30-27(34-18)22-7-5-6-14-29-22)20-10-13-24-23(15-20)31(25(32)17-33-24)16-19-8-11-21(12-9-19)28(2,3)4/h5-15H,16-17H2,1-4H3. The molecule has 0 N–H and O–H groups in total. The summed E-state index contributed by atoms with van der Waals surface area (Å²) in [5.74, 6) is 0.668. The molecule has 6 heteroatoms. The Kier molecular flexibility index (Phi) is 5.70. The van der Waals surface area contributed by atoms with Gasteiger partial charge in [0.1, 0.15) is 10.8 Å². The van der Waals surface area contributed by atoms with E-state index in [1.807, 2.05) is 41.3 Å². The number of carbonyl (C=O) groups is 1. The van der Waals surface area contributed by atoms with E-state index >= 15 is 0 Å². The van der Waals surface area contributed by atoms with Gasteiger partial charge in [0, 0.05) is 16.6 Å². The van der Waals surface area contributed by atoms with Crippen LogP contribution in [0.1, 0.15) is 36.8 Å². The fraction of sp³-hybridized carbons (Fsp3) is 0.250. The third-order valence-electron chi connectivity index (χ3n) is 6.02. The summed E-state index contributed by atoms with van der Waals surface area (Å²) < 4.78 is 5.74. The maximum absolute atomic E-state index is 12.9. The maximum atomic E-state index is 12.9. The van der Waals surface area contributed by atoms with Gasteiger partial charge in [-0.1, -0.05) is 51.1 Å². The largest absolute Gasteiger partial charge is 0.482 e. The van der Waals surface area contributed by atoms with E-state index in [0.29, 0.717) is 12.3 Å². The monoisotopic (exact) mass is 469 g/mol. The number of nitrogens with zero attached hydrogens (tertiary/aromatic N) is 3. The van der Waals surface area contributed by atoms with Gasteiger partial charge in [-0.3, -0.25) is 9.78 Å². The first-order valence-corrected chi connectivity index (χ1v) is 12.2. The molecule has 3 heterocycles. The molecule has 0 saturated carbocycles. The number of rotatable bonds is 4. The van der Waals surface area contributed by atoms with Crippen molar-refractivity contribution in [1.29, 1.82) is 0 Å². The highest BCUT2D eigenvalue weighted by molar-refractivity contribution is 7.15. The number of hydrogen-bond acceptors (Lipinski definition) is 5. The summed E-state index contributed by atoms with van der Waals surface area (Å²) in [4.78, 5) is 25.1. The van der Waals surface area contributed by atoms with E-state index in [1.54, 1.807) is 17.5 Å². The Morgan fingerprint density at radius 1 is 1.06 bits per heavy atom. The average molecular weight is 470 g/mol. The zero-order chi connectivity index (χ0) is 23.9. The van der Waals surface area contributed by atoms with E-state index in [2.05, 4.69) is 56.9 Å². The number of pyridine rings is 1. The summed E-state index contributed by atoms with van der Waals surface area (Å²) in [5, 5.41) is 0.883. The van der Waals surface area contributed by atoms with Crippen LogP contribution in [0.4, 0.5) is 5.69 Å². The van der Waals surface area contributed by atoms with Gasteiger partial charge in [-0.25, -0.2) is 4.98 Å². The molecule has 0 spiro atoms. The number of hydrogen-bond donors (Lipinski definition) is 0. The molecule has 172 valence electrons. The van der Waals surface area contributed by atoms with Crippen LogP contribution in [0.25, 0.3) is 22.0 Å². The highest BCUT2D eigenvalue weighted by Gasteiger charge is 2.27. The lowest BCUT2D eigenvalue weighted by Crippen LogP contribution is -2.38. The van der Waals surface area contributed by atoms with E-state index in [-0.39, 0.29) is 17.9 Å². The summed E-state index contributed by atoms with van der Waals surface area (Å²) in [6.45, 7) is 9.21. The molecule has 2 aromatic carbocycles. The molecular weight excluding hydrogens is 442 g/mol. The zero-order valence-corrected chi connectivity index (χ0v) is 20.6. The number of anilines is 1. The number of fused-ring (bicyclic) bond motifs is 1. The summed E-state index contributed by atoms with van der Waals surface area (Å²) in [6.07, 6.45) is 1.78. The summed E-state index contributed by atoms with van der Waals surface area (Å²) >= 11 is 1.62. The van der Waals surface area contributed by atoms with Crippen molar-refractivity contribution in [3.05, 3.63) is 82.9 Å². The van der Waals surface area contributed by atoms with Gasteiger partial charge in [-0.15, -0.1) is 11.3 Å². The van der Waals surface area contributed by atoms with Gasteiger partial charge in [-0.05, 0) is 53.8 Å². The number of aromatic nitrogens is 2. The van der Waals surface area contributed by atoms with Gasteiger partial charge in [0.25, 0.3) is 5.91 Å². The summed E-state index contributed by atoms with van der Waals surface area (Å²) in [7, 11) is 0. The molecule has 0 aliphatic carbocycles. The molecule has 0 fully saturated rings. The lowest BCUT2D eigenvalue weighted by Gasteiger charge is -2.30. The van der Waals surface area contributed by atoms with E-state index in [4.69, 9.17) is 9.72 Å². The summed E-state index contributed by atoms with van der Waals surface area (Å²) in [6, 6.07) is 20.3. The number of carbonyl (C=O) groups excluding carboxylic acids is 1. The van der Waals surface area contributed by atoms with Crippen LogP contribution in [0.3, 0.4) is 0 Å². The second-order valence-electron chi connectivity index (χ2n) is 9.54. The first-order chi connectivity index (χ1) is 16.3. The molecule has 1 amide bonds. The van der Waals surface area contributed by atoms with Gasteiger partial charge in [0.2, 0.25) is 0 Å². The minimum Gasteiger partial charge on any atom is -0.482 e. The van der Waals surface area contributed by atoms with Crippen molar-refractivity contribution in [3.63, 3.8) is 0 Å². The Morgan fingerprint density at radius 2 is 1.85 bits per heavy atom. The summed E-state index contributed by atoms with van der Waals surface area (Å²) in [5.41, 5.74) is 5.95. The van der Waals surface area contributed by atoms with Crippen LogP contribution in [0.2, 0.25) is 0 Å². The predicted molar refractivity (Wildman–Crippen MR) is 137 cm³/mol. The Bertz CT molecular complexity index is 1340. The molecule has 34 heavy (non-hydrogen) atoms. The van der Waals surface area contributed by atoms with Gasteiger partial charge in [-0.2, -0.15) is 0 Å². The quantitative estimate of drug-likeness (QED) is 0.347. The first kappa shape index (κ1) is 22.3. The second-order valence-corrected chi connectivity index (χ2v) is 10.7. The molecule has 0 saturated heterocycles. The van der Waals surface area contributed by atoms with Crippen molar-refractivity contribution in [1.82, 2.24) is 9.97 Å². The normalized spacial score (nSPS) is 13.5. The topological polar surface area (TPSA) is 55.3 Å². The number of aryl methyl sites for hydroxylation is 1. The molecule has 5 rings (SSSR count). The Hall–Kier alpha value is -3.51. The first-order valence-electron chi connectivity index (χ1n) is 11.4. The maximum Gasteiger partial charge on any atom is 0.265 e. The van der Waals surface area contributed by atoms with Gasteiger partial charge < -0.3 is 9.64 Å². The number of benzene rings is 2. The van der Waals surface area contributed by atoms with Crippen LogP contribution in [0.15, 0.2) is 66.9 Å². The number of amides is 1. The molecule has 2 aromatic heterocycles. The average Bonchev–Trinajstić information content (AvgIpc) is 3.22. The van der Waals surface area contributed by atoms with Crippen molar-refractivity contribution >= 4 is 22.9 Å². The van der Waals surface area contributed by atoms with Crippen molar-refractivity contribution in [2.45, 2.75) is 39.7 Å². The Morgan fingerprint density at radius 3 is 2.56 bits per heavy atom. The van der Waals surface area contributed by atoms with Crippen LogP contribution in [0, 0.1) is 6.92 Å². The minimum absolute atomic E-state index is 0.0475. The van der Waals surface area contributed by atoms with E-state index in [9.17, 15) is 4.79 Å². The van der Waals surface area contributed by atoms with Gasteiger partial charge in [0.05, 0.1) is 23.6 Å². The van der Waals surface area contributed by atoms with Crippen molar-refractivity contribution in [2.75, 3.05) is 11.5 Å². The van der Waals surface area contributed by atoms with E-state index in [0.717, 1.165) is 38.1 Å². The highest BCUT2D eigenvalue weighted by Crippen LogP contribution is 2.39. The van der Waals surface area contributed by atoms with Crippen molar-refractivity contribution < 1.29 is 9.53 Å². The van der Waals surface area contributed by atoms with Gasteiger partial charge >= 0.3 is 0 Å². The predicted octanol–water partition coefficient (Wildman–Crippen LogP) is 6.40. The van der Waals surface area contributed by atoms with Crippen LogP contribution in [-0.2, 0) is 16.8 Å². The molecule has 0 bridgehead atoms. The minimum atomic E-state index is -0.0475. The number of ether oxygens (including phenoxy) is 1. The van der Waals surface area contributed by atoms with Crippen molar-refractivity contribution in [3.8, 4) is 27.7 Å². The van der Waals surface area contributed by atoms with Crippen LogP contribution < -0.4 is 9.64 Å². The van der Waals surface area contributed by atoms with Crippen LogP contribution in [-0.4, -0.2) is 22.5 Å². The smallest absolute Gasteiger partial charge is 0.265 e. The van der Waals surface area contributed by atoms with Gasteiger partial charge in [0.15, 0.2) is 6.61 Å². The molecule has 0 atom stereocenters. The Balaban J connectivity index is 1.48. The highest BCUT2D eigenvalue weighted by atomic mass is 32.1. The fourth-order valence-electron chi connectivity index (χ4n) is 4.08. The zero-order valence-electron chi connectivity index (χ0n) is 19.8. The van der Waals surface area contributed by atoms with Crippen molar-refractivity contribution in [2.24, 2.45) is 0 Å². The molecule has 1 aliphatic rings. The third-order valence-corrected chi connectivity index (χ3v) is 7.01. The Labute approximate surface area is 204 Å². The second kappa shape index (κ2) is 8.69. The lowest BCUT2D eigenvalue weighted by atomic mass is 9.87. The fourth-order valence-corrected chi connectivity index (χ4v) is 4.99. The lowest BCUT2D eigenvalue weighted by molar-refractivity contribution is -0.121. The van der Waals surface area contributed by atoms with E-state index in [1.165, 1.54) is 5.56 Å². The molecule has 0 radical (unpaired) electrons. The molecule has 0 unspecified atom stereocenters. The molecule has 1 aliphatic heterocycles. The molecular formula is C28H27N3O2S. The molecule has 4 aromatic rings. The van der Waals surface area contributed by atoms with E-state index < -0.39 is 0 Å². The SMILES string of the molecule is Cc1sc(-c2ccccn2)nc1-c1ccc2c(c1)N(Cc1ccc(C(C)(C)C)cc1)C(=O)CO2.